The average molecular weight is 1450 g/mol. The van der Waals surface area contributed by atoms with Crippen LogP contribution in [0.25, 0.3) is 0 Å². The van der Waals surface area contributed by atoms with E-state index >= 15 is 0 Å². The summed E-state index contributed by atoms with van der Waals surface area (Å²) in [6, 6.07) is 86.9. The van der Waals surface area contributed by atoms with E-state index in [9.17, 15) is 0 Å². The monoisotopic (exact) mass is 1450 g/mol. The molecule has 0 N–H and O–H groups in total. The molecule has 535 valence electrons. The molecule has 0 spiro atoms. The molecule has 0 bridgehead atoms. The summed E-state index contributed by atoms with van der Waals surface area (Å²) in [5, 5.41) is 0. The maximum Gasteiger partial charge on any atom is 0.0377 e. The van der Waals surface area contributed by atoms with Gasteiger partial charge in [0.2, 0.25) is 0 Å². The minimum Gasteiger partial charge on any atom is -0.269 e. The molecule has 0 atom stereocenters. The van der Waals surface area contributed by atoms with Gasteiger partial charge in [-0.2, -0.15) is 0 Å². The molecule has 0 fully saturated rings. The van der Waals surface area contributed by atoms with Crippen molar-refractivity contribution in [2.45, 2.75) is 220 Å². The molecule has 5 radical (unpaired) electrons. The van der Waals surface area contributed by atoms with Crippen molar-refractivity contribution < 1.29 is 23.5 Å². The largest absolute Gasteiger partial charge is 0.269 e. The van der Waals surface area contributed by atoms with Crippen LogP contribution in [-0.4, -0.2) is 0 Å². The second-order valence-corrected chi connectivity index (χ2v) is 27.7. The highest BCUT2D eigenvalue weighted by atomic mass is 32.1. The number of unbranched alkanes of at least 4 members (excludes halogenated alkanes) is 5. The second kappa shape index (κ2) is 54.7. The van der Waals surface area contributed by atoms with E-state index < -0.39 is 0 Å². The smallest absolute Gasteiger partial charge is 0.0377 e. The van der Waals surface area contributed by atoms with E-state index in [0.29, 0.717) is 0 Å². The van der Waals surface area contributed by atoms with Crippen LogP contribution in [0.3, 0.4) is 0 Å². The van der Waals surface area contributed by atoms with E-state index in [1.54, 1.807) is 0 Å². The van der Waals surface area contributed by atoms with Crippen molar-refractivity contribution in [3.8, 4) is 0 Å². The van der Waals surface area contributed by atoms with Crippen LogP contribution in [0.1, 0.15) is 182 Å². The highest BCUT2D eigenvalue weighted by molar-refractivity contribution is 7.81. The Labute approximate surface area is 627 Å². The summed E-state index contributed by atoms with van der Waals surface area (Å²) in [7, 11) is 0. The maximum atomic E-state index is 5.10. The van der Waals surface area contributed by atoms with Crippen molar-refractivity contribution in [3.63, 3.8) is 0 Å². The number of benzene rings is 10. The van der Waals surface area contributed by atoms with Gasteiger partial charge in [-0.1, -0.05) is 312 Å². The summed E-state index contributed by atoms with van der Waals surface area (Å²) in [5.74, 6) is 0. The van der Waals surface area contributed by atoms with Gasteiger partial charge in [-0.25, -0.2) is 0 Å². The number of hydrogen-bond donors (Lipinski definition) is 0. The summed E-state index contributed by atoms with van der Waals surface area (Å²) in [6.07, 6.45) is 29.7. The predicted molar refractivity (Wildman–Crippen MR) is 436 cm³/mol. The molecule has 0 aromatic heterocycles. The summed E-state index contributed by atoms with van der Waals surface area (Å²) < 4.78 is 0. The van der Waals surface area contributed by atoms with E-state index in [2.05, 4.69) is 217 Å². The molecule has 0 aliphatic carbocycles. The van der Waals surface area contributed by atoms with Crippen molar-refractivity contribution in [2.24, 2.45) is 0 Å². The van der Waals surface area contributed by atoms with E-state index in [1.165, 1.54) is 180 Å². The molecule has 0 nitrogen and oxygen atoms in total. The molecule has 0 aliphatic heterocycles. The van der Waals surface area contributed by atoms with Gasteiger partial charge in [-0.3, -0.25) is 23.5 Å². The minimum absolute atomic E-state index is 0. The fourth-order valence-corrected chi connectivity index (χ4v) is 11.7. The highest BCUT2D eigenvalue weighted by Crippen LogP contribution is 2.20. The molecule has 0 aliphatic rings. The van der Waals surface area contributed by atoms with Gasteiger partial charge in [0.15, 0.2) is 0 Å². The average Bonchev–Trinajstić information content (AvgIpc) is 1.06. The lowest BCUT2D eigenvalue weighted by atomic mass is 10.0. The first-order valence-electron chi connectivity index (χ1n) is 35.6. The minimum atomic E-state index is 0. The lowest BCUT2D eigenvalue weighted by Gasteiger charge is -2.05. The first kappa shape index (κ1) is 91.0. The van der Waals surface area contributed by atoms with Crippen LogP contribution in [0.2, 0.25) is 0 Å². The van der Waals surface area contributed by atoms with Crippen LogP contribution in [0.15, 0.2) is 267 Å². The summed E-state index contributed by atoms with van der Waals surface area (Å²) >= 11 is 25.5. The van der Waals surface area contributed by atoms with Gasteiger partial charge < -0.3 is 0 Å². The fourth-order valence-electron chi connectivity index (χ4n) is 11.0. The number of halogens is 5. The number of hydrogen-bond acceptors (Lipinski definition) is 0. The quantitative estimate of drug-likeness (QED) is 0.0394. The first-order valence-corrected chi connectivity index (χ1v) is 37.6. The van der Waals surface area contributed by atoms with Crippen molar-refractivity contribution in [2.75, 3.05) is 0 Å². The maximum absolute atomic E-state index is 5.10. The van der Waals surface area contributed by atoms with Gasteiger partial charge >= 0.3 is 0 Å². The molecule has 0 unspecified atom stereocenters. The van der Waals surface area contributed by atoms with E-state index in [4.69, 9.17) is 63.1 Å². The van der Waals surface area contributed by atoms with E-state index in [0.717, 1.165) is 88.7 Å². The molecule has 100 heavy (non-hydrogen) atoms. The predicted octanol–water partition coefficient (Wildman–Crippen LogP) is 27.6. The number of rotatable bonds is 30. The van der Waals surface area contributed by atoms with Crippen LogP contribution in [-0.2, 0) is 96.3 Å². The third-order valence-electron chi connectivity index (χ3n) is 17.3. The van der Waals surface area contributed by atoms with Gasteiger partial charge in [0.05, 0.1) is 0 Å². The Morgan fingerprint density at radius 3 is 0.310 bits per heavy atom. The molecular formula is C90H110F5S5. The lowest BCUT2D eigenvalue weighted by Crippen LogP contribution is -1.92. The summed E-state index contributed by atoms with van der Waals surface area (Å²) in [5.41, 5.74) is 21.2. The molecule has 0 saturated carbocycles. The molecular weight excluding hydrogens is 1340 g/mol. The summed E-state index contributed by atoms with van der Waals surface area (Å²) in [6.45, 7) is 11.2. The Morgan fingerprint density at radius 1 is 0.140 bits per heavy atom. The molecule has 0 heterocycles. The van der Waals surface area contributed by atoms with Crippen molar-refractivity contribution >= 4 is 63.1 Å². The van der Waals surface area contributed by atoms with Gasteiger partial charge in [-0.15, -0.1) is 0 Å². The van der Waals surface area contributed by atoms with Crippen molar-refractivity contribution in [1.29, 1.82) is 0 Å². The molecule has 0 amide bonds. The highest BCUT2D eigenvalue weighted by Gasteiger charge is 2.04. The zero-order valence-electron chi connectivity index (χ0n) is 59.9. The van der Waals surface area contributed by atoms with Crippen LogP contribution < -0.4 is 0 Å². The zero-order valence-corrected chi connectivity index (χ0v) is 63.9. The zero-order chi connectivity index (χ0) is 67.5. The topological polar surface area (TPSA) is 0 Å². The standard InChI is InChI=1S/5C18H21S.5FH/c5*1-2-3-4-15-5-7-16(8-6-15)9-10-17-11-13-18(19)14-12-17;;;;;/h5*5-8,11-14H,2-4,9-10H2,1H3;5*1H. The van der Waals surface area contributed by atoms with Gasteiger partial charge in [0.1, 0.15) is 0 Å². The SMILES string of the molecule is CCCCc1ccc(CCc2ccc([S])cc2)cc1.CCCCc1ccc(CCc2ccc([S])cc2)cc1.CCCCc1ccc(CCc2ccc([S])cc2)cc1.CCCCc1ccc(CCc2ccc([S])cc2)cc1.CCCCc1ccc(CCc2ccc([S])cc2)cc1.F.F.F.F.F. The Balaban J connectivity index is 0.000000617. The van der Waals surface area contributed by atoms with Crippen molar-refractivity contribution in [3.05, 3.63) is 326 Å². The third kappa shape index (κ3) is 38.7. The molecule has 10 heteroatoms. The molecule has 10 aromatic rings. The van der Waals surface area contributed by atoms with Gasteiger partial charge in [0, 0.05) is 24.5 Å². The fraction of sp³-hybridized carbons (Fsp3) is 0.333. The normalized spacial score (nSPS) is 10.1. The molecule has 0 saturated heterocycles. The van der Waals surface area contributed by atoms with Gasteiger partial charge in [-0.05, 0) is 273 Å². The van der Waals surface area contributed by atoms with Crippen LogP contribution in [0.4, 0.5) is 23.5 Å². The molecule has 10 rings (SSSR count). The third-order valence-corrected chi connectivity index (χ3v) is 18.7. The lowest BCUT2D eigenvalue weighted by molar-refractivity contribution is 0.794. The Kier molecular flexibility index (Phi) is 49.7. The Morgan fingerprint density at radius 2 is 0.220 bits per heavy atom. The first-order chi connectivity index (χ1) is 46.4. The second-order valence-electron chi connectivity index (χ2n) is 25.3. The van der Waals surface area contributed by atoms with Crippen LogP contribution in [0.5, 0.6) is 0 Å². The Bertz CT molecular complexity index is 3000. The van der Waals surface area contributed by atoms with Crippen LogP contribution in [0, 0.1) is 0 Å². The summed E-state index contributed by atoms with van der Waals surface area (Å²) in [4.78, 5) is 4.60. The van der Waals surface area contributed by atoms with E-state index in [1.807, 2.05) is 60.7 Å². The van der Waals surface area contributed by atoms with Crippen molar-refractivity contribution in [1.82, 2.24) is 0 Å². The van der Waals surface area contributed by atoms with Gasteiger partial charge in [0.25, 0.3) is 0 Å². The molecule has 10 aromatic carbocycles. The Hall–Kier alpha value is -7.05. The van der Waals surface area contributed by atoms with E-state index in [-0.39, 0.29) is 23.5 Å². The number of aryl methyl sites for hydroxylation is 15. The van der Waals surface area contributed by atoms with Crippen LogP contribution >= 0.6 is 63.1 Å².